The summed E-state index contributed by atoms with van der Waals surface area (Å²) < 4.78 is 38.2. The molecular formula is C11H9F3N4. The van der Waals surface area contributed by atoms with E-state index in [-0.39, 0.29) is 17.5 Å². The van der Waals surface area contributed by atoms with Crippen LogP contribution in [0.15, 0.2) is 36.5 Å². The fourth-order valence-corrected chi connectivity index (χ4v) is 1.39. The van der Waals surface area contributed by atoms with Crippen molar-refractivity contribution in [2.45, 2.75) is 6.18 Å². The SMILES string of the molecule is Nc1ccnc(Nc2ccccc2C(F)(F)F)n1. The lowest BCUT2D eigenvalue weighted by atomic mass is 10.1. The number of halogens is 3. The van der Waals surface area contributed by atoms with Gasteiger partial charge in [-0.3, -0.25) is 0 Å². The van der Waals surface area contributed by atoms with Crippen molar-refractivity contribution in [2.75, 3.05) is 11.1 Å². The molecule has 1 aromatic carbocycles. The van der Waals surface area contributed by atoms with E-state index in [2.05, 4.69) is 15.3 Å². The van der Waals surface area contributed by atoms with Crippen molar-refractivity contribution in [3.05, 3.63) is 42.1 Å². The quantitative estimate of drug-likeness (QED) is 0.864. The summed E-state index contributed by atoms with van der Waals surface area (Å²) in [5.74, 6) is 0.198. The maximum Gasteiger partial charge on any atom is 0.418 e. The summed E-state index contributed by atoms with van der Waals surface area (Å²) in [7, 11) is 0. The first-order valence-electron chi connectivity index (χ1n) is 4.98. The number of hydrogen-bond acceptors (Lipinski definition) is 4. The Kier molecular flexibility index (Phi) is 3.05. The molecule has 4 nitrogen and oxygen atoms in total. The van der Waals surface area contributed by atoms with Crippen LogP contribution in [0.2, 0.25) is 0 Å². The molecule has 0 fully saturated rings. The maximum absolute atomic E-state index is 12.7. The summed E-state index contributed by atoms with van der Waals surface area (Å²) in [4.78, 5) is 7.57. The highest BCUT2D eigenvalue weighted by Gasteiger charge is 2.33. The third-order valence-electron chi connectivity index (χ3n) is 2.16. The van der Waals surface area contributed by atoms with Crippen LogP contribution >= 0.6 is 0 Å². The topological polar surface area (TPSA) is 63.8 Å². The summed E-state index contributed by atoms with van der Waals surface area (Å²) in [5.41, 5.74) is 4.53. The highest BCUT2D eigenvalue weighted by Crippen LogP contribution is 2.35. The van der Waals surface area contributed by atoms with Crippen molar-refractivity contribution in [1.82, 2.24) is 9.97 Å². The van der Waals surface area contributed by atoms with Gasteiger partial charge in [-0.15, -0.1) is 0 Å². The Morgan fingerprint density at radius 2 is 1.83 bits per heavy atom. The molecule has 0 unspecified atom stereocenters. The summed E-state index contributed by atoms with van der Waals surface area (Å²) in [6, 6.07) is 6.53. The maximum atomic E-state index is 12.7. The number of nitrogen functional groups attached to an aromatic ring is 1. The zero-order valence-corrected chi connectivity index (χ0v) is 9.07. The molecule has 0 saturated carbocycles. The van der Waals surface area contributed by atoms with Gasteiger partial charge < -0.3 is 11.1 Å². The van der Waals surface area contributed by atoms with Gasteiger partial charge in [0.1, 0.15) is 5.82 Å². The standard InChI is InChI=1S/C11H9F3N4/c12-11(13,14)7-3-1-2-4-8(7)17-10-16-6-5-9(15)18-10/h1-6H,(H3,15,16,17,18). The fourth-order valence-electron chi connectivity index (χ4n) is 1.39. The van der Waals surface area contributed by atoms with E-state index in [0.717, 1.165) is 6.07 Å². The first kappa shape index (κ1) is 12.2. The third-order valence-corrected chi connectivity index (χ3v) is 2.16. The molecule has 2 aromatic rings. The zero-order valence-electron chi connectivity index (χ0n) is 9.07. The number of para-hydroxylation sites is 1. The molecule has 3 N–H and O–H groups in total. The van der Waals surface area contributed by atoms with Crippen LogP contribution in [0.3, 0.4) is 0 Å². The Labute approximate surface area is 101 Å². The van der Waals surface area contributed by atoms with Crippen molar-refractivity contribution < 1.29 is 13.2 Å². The van der Waals surface area contributed by atoms with E-state index < -0.39 is 11.7 Å². The number of nitrogens with two attached hydrogens (primary N) is 1. The monoisotopic (exact) mass is 254 g/mol. The number of hydrogen-bond donors (Lipinski definition) is 2. The first-order valence-corrected chi connectivity index (χ1v) is 4.98. The minimum absolute atomic E-state index is 0.0201. The molecule has 2 rings (SSSR count). The number of rotatable bonds is 2. The molecule has 0 spiro atoms. The van der Waals surface area contributed by atoms with E-state index in [1.54, 1.807) is 0 Å². The Balaban J connectivity index is 2.35. The number of aromatic nitrogens is 2. The van der Waals surface area contributed by atoms with Gasteiger partial charge in [0.05, 0.1) is 11.3 Å². The lowest BCUT2D eigenvalue weighted by Gasteiger charge is -2.13. The van der Waals surface area contributed by atoms with Crippen molar-refractivity contribution in [1.29, 1.82) is 0 Å². The average Bonchev–Trinajstić information content (AvgIpc) is 2.28. The number of nitrogens with zero attached hydrogens (tertiary/aromatic N) is 2. The number of nitrogens with one attached hydrogen (secondary N) is 1. The van der Waals surface area contributed by atoms with Gasteiger partial charge >= 0.3 is 6.18 Å². The molecule has 0 aliphatic rings. The number of benzene rings is 1. The smallest absolute Gasteiger partial charge is 0.384 e. The van der Waals surface area contributed by atoms with Gasteiger partial charge in [0.15, 0.2) is 0 Å². The molecule has 1 aromatic heterocycles. The van der Waals surface area contributed by atoms with E-state index >= 15 is 0 Å². The van der Waals surface area contributed by atoms with Crippen LogP contribution in [0.5, 0.6) is 0 Å². The van der Waals surface area contributed by atoms with E-state index in [9.17, 15) is 13.2 Å². The molecule has 0 amide bonds. The van der Waals surface area contributed by atoms with Gasteiger partial charge in [-0.1, -0.05) is 12.1 Å². The van der Waals surface area contributed by atoms with E-state index in [0.29, 0.717) is 0 Å². The van der Waals surface area contributed by atoms with Crippen molar-refractivity contribution >= 4 is 17.5 Å². The average molecular weight is 254 g/mol. The van der Waals surface area contributed by atoms with E-state index in [1.807, 2.05) is 0 Å². The molecule has 0 aliphatic heterocycles. The van der Waals surface area contributed by atoms with Gasteiger partial charge in [-0.2, -0.15) is 18.2 Å². The molecule has 0 atom stereocenters. The third kappa shape index (κ3) is 2.68. The van der Waals surface area contributed by atoms with Gasteiger partial charge in [0.2, 0.25) is 5.95 Å². The lowest BCUT2D eigenvalue weighted by molar-refractivity contribution is -0.136. The highest BCUT2D eigenvalue weighted by atomic mass is 19.4. The summed E-state index contributed by atoms with van der Waals surface area (Å²) >= 11 is 0. The van der Waals surface area contributed by atoms with Crippen LogP contribution in [0, 0.1) is 0 Å². The lowest BCUT2D eigenvalue weighted by Crippen LogP contribution is -2.09. The second-order valence-corrected chi connectivity index (χ2v) is 3.47. The number of anilines is 3. The van der Waals surface area contributed by atoms with Crippen LogP contribution in [-0.4, -0.2) is 9.97 Å². The molecule has 7 heteroatoms. The van der Waals surface area contributed by atoms with Crippen molar-refractivity contribution in [3.8, 4) is 0 Å². The van der Waals surface area contributed by atoms with Crippen LogP contribution in [0.1, 0.15) is 5.56 Å². The van der Waals surface area contributed by atoms with Crippen molar-refractivity contribution in [2.24, 2.45) is 0 Å². The van der Waals surface area contributed by atoms with E-state index in [1.165, 1.54) is 30.5 Å². The molecule has 18 heavy (non-hydrogen) atoms. The number of alkyl halides is 3. The predicted octanol–water partition coefficient (Wildman–Crippen LogP) is 2.82. The fraction of sp³-hybridized carbons (Fsp3) is 0.0909. The Morgan fingerprint density at radius 1 is 1.11 bits per heavy atom. The van der Waals surface area contributed by atoms with Crippen LogP contribution < -0.4 is 11.1 Å². The van der Waals surface area contributed by atoms with Crippen molar-refractivity contribution in [3.63, 3.8) is 0 Å². The van der Waals surface area contributed by atoms with Gasteiger partial charge in [-0.05, 0) is 18.2 Å². The molecule has 0 aliphatic carbocycles. The van der Waals surface area contributed by atoms with Gasteiger partial charge in [0.25, 0.3) is 0 Å². The zero-order chi connectivity index (χ0) is 13.2. The van der Waals surface area contributed by atoms with E-state index in [4.69, 9.17) is 5.73 Å². The predicted molar refractivity (Wildman–Crippen MR) is 61.2 cm³/mol. The second-order valence-electron chi connectivity index (χ2n) is 3.47. The Morgan fingerprint density at radius 3 is 2.50 bits per heavy atom. The summed E-state index contributed by atoms with van der Waals surface area (Å²) in [6.07, 6.45) is -3.08. The summed E-state index contributed by atoms with van der Waals surface area (Å²) in [5, 5.41) is 2.50. The summed E-state index contributed by atoms with van der Waals surface area (Å²) in [6.45, 7) is 0. The highest BCUT2D eigenvalue weighted by molar-refractivity contribution is 5.59. The molecule has 0 bridgehead atoms. The first-order chi connectivity index (χ1) is 8.47. The largest absolute Gasteiger partial charge is 0.418 e. The minimum Gasteiger partial charge on any atom is -0.384 e. The molecular weight excluding hydrogens is 245 g/mol. The molecule has 94 valence electrons. The molecule has 1 heterocycles. The second kappa shape index (κ2) is 4.52. The van der Waals surface area contributed by atoms with Crippen LogP contribution in [0.25, 0.3) is 0 Å². The Bertz CT molecular complexity index is 554. The molecule has 0 saturated heterocycles. The van der Waals surface area contributed by atoms with Crippen LogP contribution in [0.4, 0.5) is 30.6 Å². The minimum atomic E-state index is -4.44. The normalized spacial score (nSPS) is 11.3. The Hall–Kier alpha value is -2.31. The van der Waals surface area contributed by atoms with Gasteiger partial charge in [0, 0.05) is 6.20 Å². The molecule has 0 radical (unpaired) electrons. The van der Waals surface area contributed by atoms with Crippen LogP contribution in [-0.2, 0) is 6.18 Å². The van der Waals surface area contributed by atoms with Gasteiger partial charge in [-0.25, -0.2) is 4.98 Å².